The van der Waals surface area contributed by atoms with E-state index in [-0.39, 0.29) is 0 Å². The van der Waals surface area contributed by atoms with Gasteiger partial charge in [-0.1, -0.05) is 6.42 Å². The summed E-state index contributed by atoms with van der Waals surface area (Å²) in [6.45, 7) is 6.84. The fraction of sp³-hybridized carbons (Fsp3) is 0.857. The Hall–Kier alpha value is -0.900. The predicted octanol–water partition coefficient (Wildman–Crippen LogP) is 2.55. The largest absolute Gasteiger partial charge is 0.291 e. The smallest absolute Gasteiger partial charge is 0.168 e. The average molecular weight is 248 g/mol. The summed E-state index contributed by atoms with van der Waals surface area (Å²) in [6.07, 6.45) is 7.51. The van der Waals surface area contributed by atoms with Gasteiger partial charge in [-0.25, -0.2) is 9.67 Å². The van der Waals surface area contributed by atoms with Crippen LogP contribution in [0.2, 0.25) is 0 Å². The first-order chi connectivity index (χ1) is 8.75. The number of piperidine rings is 1. The van der Waals surface area contributed by atoms with Gasteiger partial charge in [-0.2, -0.15) is 5.10 Å². The molecule has 0 aliphatic carbocycles. The van der Waals surface area contributed by atoms with E-state index in [1.54, 1.807) is 0 Å². The molecule has 2 aliphatic rings. The van der Waals surface area contributed by atoms with Gasteiger partial charge in [0.1, 0.15) is 5.82 Å². The van der Waals surface area contributed by atoms with E-state index in [0.29, 0.717) is 12.1 Å². The van der Waals surface area contributed by atoms with Gasteiger partial charge in [-0.3, -0.25) is 4.90 Å². The summed E-state index contributed by atoms with van der Waals surface area (Å²) in [5, 5.41) is 4.77. The lowest BCUT2D eigenvalue weighted by atomic mass is 10.00. The zero-order valence-corrected chi connectivity index (χ0v) is 11.6. The summed E-state index contributed by atoms with van der Waals surface area (Å²) >= 11 is 0. The molecule has 1 aromatic rings. The van der Waals surface area contributed by atoms with E-state index < -0.39 is 0 Å². The van der Waals surface area contributed by atoms with E-state index >= 15 is 0 Å². The van der Waals surface area contributed by atoms with Crippen LogP contribution in [0.3, 0.4) is 0 Å². The molecule has 0 aromatic carbocycles. The van der Waals surface area contributed by atoms with Crippen molar-refractivity contribution in [1.82, 2.24) is 19.7 Å². The van der Waals surface area contributed by atoms with Crippen LogP contribution in [0.5, 0.6) is 0 Å². The second-order valence-electron chi connectivity index (χ2n) is 5.91. The third-order valence-electron chi connectivity index (χ3n) is 4.29. The number of nitrogens with zero attached hydrogens (tertiary/aromatic N) is 4. The molecule has 3 rings (SSSR count). The molecule has 1 fully saturated rings. The van der Waals surface area contributed by atoms with Crippen LogP contribution < -0.4 is 0 Å². The molecule has 1 atom stereocenters. The van der Waals surface area contributed by atoms with Crippen molar-refractivity contribution >= 4 is 0 Å². The van der Waals surface area contributed by atoms with Crippen molar-refractivity contribution in [3.63, 3.8) is 0 Å². The van der Waals surface area contributed by atoms with Crippen molar-refractivity contribution in [2.45, 2.75) is 71.0 Å². The van der Waals surface area contributed by atoms with Crippen LogP contribution in [0.25, 0.3) is 0 Å². The Morgan fingerprint density at radius 1 is 1.11 bits per heavy atom. The minimum absolute atomic E-state index is 0.455. The number of fused-ring (bicyclic) bond motifs is 1. The molecule has 4 heteroatoms. The summed E-state index contributed by atoms with van der Waals surface area (Å²) in [5.74, 6) is 2.30. The summed E-state index contributed by atoms with van der Waals surface area (Å²) in [4.78, 5) is 7.39. The number of rotatable bonds is 2. The fourth-order valence-corrected chi connectivity index (χ4v) is 3.29. The summed E-state index contributed by atoms with van der Waals surface area (Å²) in [5.41, 5.74) is 0. The zero-order valence-electron chi connectivity index (χ0n) is 11.6. The first-order valence-electron chi connectivity index (χ1n) is 7.45. The Balaban J connectivity index is 1.85. The molecule has 0 bridgehead atoms. The van der Waals surface area contributed by atoms with Gasteiger partial charge >= 0.3 is 0 Å². The molecule has 0 spiro atoms. The molecule has 0 N–H and O–H groups in total. The minimum Gasteiger partial charge on any atom is -0.291 e. The van der Waals surface area contributed by atoms with Crippen LogP contribution in [-0.4, -0.2) is 32.3 Å². The van der Waals surface area contributed by atoms with Crippen molar-refractivity contribution < 1.29 is 0 Å². The molecule has 1 unspecified atom stereocenters. The molecular formula is C14H24N4. The summed E-state index contributed by atoms with van der Waals surface area (Å²) in [7, 11) is 0. The maximum absolute atomic E-state index is 4.82. The van der Waals surface area contributed by atoms with Gasteiger partial charge in [0.05, 0.1) is 6.04 Å². The summed E-state index contributed by atoms with van der Waals surface area (Å²) in [6, 6.07) is 1.05. The van der Waals surface area contributed by atoms with Crippen LogP contribution in [0, 0.1) is 0 Å². The third kappa shape index (κ3) is 2.18. The van der Waals surface area contributed by atoms with E-state index in [1.807, 2.05) is 0 Å². The van der Waals surface area contributed by atoms with Crippen LogP contribution in [0.15, 0.2) is 0 Å². The highest BCUT2D eigenvalue weighted by atomic mass is 15.4. The molecule has 2 aliphatic heterocycles. The topological polar surface area (TPSA) is 34.0 Å². The monoisotopic (exact) mass is 248 g/mol. The van der Waals surface area contributed by atoms with E-state index in [0.717, 1.165) is 18.8 Å². The van der Waals surface area contributed by atoms with Gasteiger partial charge in [0.15, 0.2) is 5.82 Å². The number of hydrogen-bond acceptors (Lipinski definition) is 3. The Morgan fingerprint density at radius 3 is 2.72 bits per heavy atom. The van der Waals surface area contributed by atoms with Crippen LogP contribution in [0.4, 0.5) is 0 Å². The zero-order chi connectivity index (χ0) is 12.5. The highest BCUT2D eigenvalue weighted by Gasteiger charge is 2.30. The normalized spacial score (nSPS) is 25.4. The highest BCUT2D eigenvalue weighted by molar-refractivity contribution is 5.02. The van der Waals surface area contributed by atoms with Crippen molar-refractivity contribution in [2.75, 3.05) is 6.54 Å². The lowest BCUT2D eigenvalue weighted by Gasteiger charge is -2.36. The van der Waals surface area contributed by atoms with Crippen LogP contribution in [0.1, 0.15) is 63.6 Å². The van der Waals surface area contributed by atoms with Gasteiger partial charge < -0.3 is 0 Å². The number of aryl methyl sites for hydroxylation is 2. The lowest BCUT2D eigenvalue weighted by Crippen LogP contribution is -2.39. The SMILES string of the molecule is CC(C)N1CCCCC1c1nc2n(n1)CCCC2. The lowest BCUT2D eigenvalue weighted by molar-refractivity contribution is 0.106. The van der Waals surface area contributed by atoms with Gasteiger partial charge in [0.25, 0.3) is 0 Å². The third-order valence-corrected chi connectivity index (χ3v) is 4.29. The van der Waals surface area contributed by atoms with E-state index in [9.17, 15) is 0 Å². The molecule has 0 radical (unpaired) electrons. The molecule has 4 nitrogen and oxygen atoms in total. The van der Waals surface area contributed by atoms with E-state index in [4.69, 9.17) is 10.1 Å². The molecular weight excluding hydrogens is 224 g/mol. The van der Waals surface area contributed by atoms with Gasteiger partial charge in [-0.05, 0) is 46.1 Å². The van der Waals surface area contributed by atoms with Gasteiger partial charge in [0.2, 0.25) is 0 Å². The minimum atomic E-state index is 0.455. The maximum Gasteiger partial charge on any atom is 0.168 e. The Morgan fingerprint density at radius 2 is 1.94 bits per heavy atom. The quantitative estimate of drug-likeness (QED) is 0.806. The standard InChI is InChI=1S/C14H24N4/c1-11(2)17-9-5-3-7-12(17)14-15-13-8-4-6-10-18(13)16-14/h11-12H,3-10H2,1-2H3. The Labute approximate surface area is 109 Å². The predicted molar refractivity (Wildman–Crippen MR) is 71.4 cm³/mol. The number of likely N-dealkylation sites (tertiary alicyclic amines) is 1. The molecule has 1 saturated heterocycles. The van der Waals surface area contributed by atoms with Crippen molar-refractivity contribution in [3.8, 4) is 0 Å². The summed E-state index contributed by atoms with van der Waals surface area (Å²) < 4.78 is 2.14. The molecule has 0 amide bonds. The van der Waals surface area contributed by atoms with Gasteiger partial charge in [0, 0.05) is 19.0 Å². The van der Waals surface area contributed by atoms with Crippen molar-refractivity contribution in [1.29, 1.82) is 0 Å². The second kappa shape index (κ2) is 5.00. The molecule has 3 heterocycles. The van der Waals surface area contributed by atoms with Crippen LogP contribution >= 0.6 is 0 Å². The maximum atomic E-state index is 4.82. The van der Waals surface area contributed by atoms with E-state index in [2.05, 4.69) is 23.4 Å². The Bertz CT molecular complexity index is 386. The van der Waals surface area contributed by atoms with Crippen molar-refractivity contribution in [2.24, 2.45) is 0 Å². The molecule has 18 heavy (non-hydrogen) atoms. The number of hydrogen-bond donors (Lipinski definition) is 0. The van der Waals surface area contributed by atoms with Gasteiger partial charge in [-0.15, -0.1) is 0 Å². The van der Waals surface area contributed by atoms with E-state index in [1.165, 1.54) is 44.5 Å². The Kier molecular flexibility index (Phi) is 3.37. The average Bonchev–Trinajstić information content (AvgIpc) is 2.82. The van der Waals surface area contributed by atoms with Crippen LogP contribution in [-0.2, 0) is 13.0 Å². The fourth-order valence-electron chi connectivity index (χ4n) is 3.29. The number of aromatic nitrogens is 3. The molecule has 100 valence electrons. The molecule has 1 aromatic heterocycles. The van der Waals surface area contributed by atoms with Crippen molar-refractivity contribution in [3.05, 3.63) is 11.6 Å². The molecule has 0 saturated carbocycles. The highest BCUT2D eigenvalue weighted by Crippen LogP contribution is 2.31. The first-order valence-corrected chi connectivity index (χ1v) is 7.45. The second-order valence-corrected chi connectivity index (χ2v) is 5.91. The first kappa shape index (κ1) is 12.2.